The second-order valence-corrected chi connectivity index (χ2v) is 13.0. The maximum absolute atomic E-state index is 14.1. The van der Waals surface area contributed by atoms with Crippen molar-refractivity contribution < 1.29 is 28.8 Å². The molecule has 1 saturated carbocycles. The molecule has 6 rings (SSSR count). The highest BCUT2D eigenvalue weighted by molar-refractivity contribution is 5.98. The number of hydrogen-bond donors (Lipinski definition) is 1. The summed E-state index contributed by atoms with van der Waals surface area (Å²) in [6, 6.07) is 17.9. The first-order chi connectivity index (χ1) is 23.8. The van der Waals surface area contributed by atoms with Crippen LogP contribution in [0, 0.1) is 10.1 Å². The van der Waals surface area contributed by atoms with E-state index in [2.05, 4.69) is 10.2 Å². The molecule has 3 aromatic rings. The summed E-state index contributed by atoms with van der Waals surface area (Å²) in [5.74, 6) is 0.0645. The van der Waals surface area contributed by atoms with Crippen LogP contribution in [0.1, 0.15) is 60.0 Å². The molecule has 1 aliphatic carbocycles. The number of carbonyl (C=O) groups is 3. The molecule has 1 atom stereocenters. The van der Waals surface area contributed by atoms with Gasteiger partial charge in [-0.15, -0.1) is 0 Å². The molecule has 3 aliphatic rings. The van der Waals surface area contributed by atoms with Crippen molar-refractivity contribution in [3.63, 3.8) is 0 Å². The molecular formula is C37H43N5O7. The number of ether oxygens (including phenoxy) is 2. The van der Waals surface area contributed by atoms with Gasteiger partial charge >= 0.3 is 5.69 Å². The minimum atomic E-state index is -0.878. The zero-order valence-electron chi connectivity index (χ0n) is 27.8. The number of fused-ring (bicyclic) bond motifs is 4. The lowest BCUT2D eigenvalue weighted by Crippen LogP contribution is -2.57. The zero-order valence-corrected chi connectivity index (χ0v) is 27.8. The summed E-state index contributed by atoms with van der Waals surface area (Å²) in [7, 11) is 1.64. The van der Waals surface area contributed by atoms with Gasteiger partial charge in [0.25, 0.3) is 5.91 Å². The van der Waals surface area contributed by atoms with Crippen LogP contribution in [-0.2, 0) is 22.6 Å². The van der Waals surface area contributed by atoms with Crippen molar-refractivity contribution in [2.24, 2.45) is 0 Å². The van der Waals surface area contributed by atoms with Gasteiger partial charge in [-0.25, -0.2) is 0 Å². The van der Waals surface area contributed by atoms with Gasteiger partial charge in [0.15, 0.2) is 0 Å². The number of nitrogens with one attached hydrogen (secondary N) is 1. The maximum Gasteiger partial charge on any atom is 0.311 e. The summed E-state index contributed by atoms with van der Waals surface area (Å²) >= 11 is 0. The van der Waals surface area contributed by atoms with E-state index >= 15 is 0 Å². The van der Waals surface area contributed by atoms with E-state index < -0.39 is 22.8 Å². The Bertz CT molecular complexity index is 1660. The van der Waals surface area contributed by atoms with E-state index in [0.717, 1.165) is 61.9 Å². The molecule has 2 aliphatic heterocycles. The van der Waals surface area contributed by atoms with Crippen LogP contribution >= 0.6 is 0 Å². The lowest BCUT2D eigenvalue weighted by Gasteiger charge is -2.37. The topological polar surface area (TPSA) is 135 Å². The third kappa shape index (κ3) is 8.37. The molecule has 2 heterocycles. The largest absolute Gasteiger partial charge is 0.497 e. The van der Waals surface area contributed by atoms with Crippen molar-refractivity contribution in [1.82, 2.24) is 20.0 Å². The van der Waals surface area contributed by atoms with E-state index in [1.54, 1.807) is 35.1 Å². The van der Waals surface area contributed by atoms with Crippen LogP contribution in [0.15, 0.2) is 66.7 Å². The Kier molecular flexibility index (Phi) is 10.7. The summed E-state index contributed by atoms with van der Waals surface area (Å²) in [5.41, 5.74) is 1.81. The second-order valence-electron chi connectivity index (χ2n) is 13.0. The summed E-state index contributed by atoms with van der Waals surface area (Å²) in [5, 5.41) is 14.9. The molecule has 1 unspecified atom stereocenters. The molecular weight excluding hydrogens is 626 g/mol. The highest BCUT2D eigenvalue weighted by Crippen LogP contribution is 2.34. The Hall–Kier alpha value is -4.97. The molecule has 12 nitrogen and oxygen atoms in total. The third-order valence-corrected chi connectivity index (χ3v) is 9.69. The Labute approximate surface area is 286 Å². The van der Waals surface area contributed by atoms with Gasteiger partial charge in [-0.05, 0) is 54.3 Å². The summed E-state index contributed by atoms with van der Waals surface area (Å²) < 4.78 is 11.3. The molecule has 0 aromatic heterocycles. The number of methoxy groups -OCH3 is 1. The smallest absolute Gasteiger partial charge is 0.311 e. The number of nitro benzene ring substituents is 1. The minimum Gasteiger partial charge on any atom is -0.497 e. The average molecular weight is 670 g/mol. The number of nitrogens with zero attached hydrogens (tertiary/aromatic N) is 4. The van der Waals surface area contributed by atoms with Gasteiger partial charge in [-0.2, -0.15) is 0 Å². The molecule has 2 fully saturated rings. The third-order valence-electron chi connectivity index (χ3n) is 9.69. The van der Waals surface area contributed by atoms with E-state index in [-0.39, 0.29) is 41.9 Å². The molecule has 4 bridgehead atoms. The van der Waals surface area contributed by atoms with Crippen molar-refractivity contribution in [3.05, 3.63) is 93.5 Å². The van der Waals surface area contributed by atoms with Crippen molar-refractivity contribution in [3.8, 4) is 17.2 Å². The Morgan fingerprint density at radius 2 is 1.69 bits per heavy atom. The Morgan fingerprint density at radius 1 is 0.959 bits per heavy atom. The van der Waals surface area contributed by atoms with Gasteiger partial charge in [-0.1, -0.05) is 49.9 Å². The molecule has 12 heteroatoms. The molecule has 3 amide bonds. The maximum atomic E-state index is 14.1. The number of benzene rings is 3. The van der Waals surface area contributed by atoms with Gasteiger partial charge in [0.05, 0.1) is 12.0 Å². The molecule has 0 spiro atoms. The van der Waals surface area contributed by atoms with Gasteiger partial charge < -0.3 is 24.6 Å². The van der Waals surface area contributed by atoms with Crippen LogP contribution in [0.4, 0.5) is 5.69 Å². The van der Waals surface area contributed by atoms with Crippen LogP contribution in [-0.4, -0.2) is 89.3 Å². The molecule has 258 valence electrons. The number of amides is 3. The first-order valence-electron chi connectivity index (χ1n) is 17.1. The van der Waals surface area contributed by atoms with Crippen LogP contribution in [0.25, 0.3) is 0 Å². The molecule has 49 heavy (non-hydrogen) atoms. The normalized spacial score (nSPS) is 19.7. The van der Waals surface area contributed by atoms with Crippen molar-refractivity contribution in [2.45, 2.75) is 63.6 Å². The summed E-state index contributed by atoms with van der Waals surface area (Å²) in [6.07, 6.45) is 5.68. The van der Waals surface area contributed by atoms with Crippen molar-refractivity contribution in [1.29, 1.82) is 0 Å². The average Bonchev–Trinajstić information content (AvgIpc) is 3.40. The lowest BCUT2D eigenvalue weighted by molar-refractivity contribution is -0.385. The highest BCUT2D eigenvalue weighted by Gasteiger charge is 2.33. The summed E-state index contributed by atoms with van der Waals surface area (Å²) in [6.45, 7) is 2.91. The number of hydrogen-bond acceptors (Lipinski definition) is 8. The molecule has 0 radical (unpaired) electrons. The fourth-order valence-electron chi connectivity index (χ4n) is 7.01. The SMILES string of the molecule is COc1ccc(CN2CCN(C(=O)C3Cc4cccc(c4)Oc4cc(ccc4[N+](=O)[O-])C(=O)N(C4CCCCCC4)CC(=O)N3)CC2)cc1. The first kappa shape index (κ1) is 33.9. The number of nitro groups is 1. The van der Waals surface area contributed by atoms with Gasteiger partial charge in [-0.3, -0.25) is 29.4 Å². The van der Waals surface area contributed by atoms with Crippen LogP contribution in [0.5, 0.6) is 17.2 Å². The van der Waals surface area contributed by atoms with E-state index in [1.165, 1.54) is 18.2 Å². The predicted octanol–water partition coefficient (Wildman–Crippen LogP) is 4.95. The van der Waals surface area contributed by atoms with Crippen LogP contribution < -0.4 is 14.8 Å². The number of carbonyl (C=O) groups excluding carboxylic acids is 3. The monoisotopic (exact) mass is 669 g/mol. The van der Waals surface area contributed by atoms with Crippen molar-refractivity contribution >= 4 is 23.4 Å². The fraction of sp³-hybridized carbons (Fsp3) is 0.432. The molecule has 1 N–H and O–H groups in total. The molecule has 3 aromatic carbocycles. The minimum absolute atomic E-state index is 0.0598. The predicted molar refractivity (Wildman–Crippen MR) is 183 cm³/mol. The van der Waals surface area contributed by atoms with Crippen LogP contribution in [0.2, 0.25) is 0 Å². The fourth-order valence-corrected chi connectivity index (χ4v) is 7.01. The second kappa shape index (κ2) is 15.5. The van der Waals surface area contributed by atoms with E-state index in [4.69, 9.17) is 9.47 Å². The van der Waals surface area contributed by atoms with Gasteiger partial charge in [0, 0.05) is 62.9 Å². The zero-order chi connectivity index (χ0) is 34.3. The quantitative estimate of drug-likeness (QED) is 0.222. The standard InChI is InChI=1S/C37H43N5O7/c1-48-30-14-11-26(12-15-30)24-39-17-19-40(20-18-39)37(45)32-22-27-7-6-10-31(21-27)49-34-23-28(13-16-33(34)42(46)47)36(44)41(25-35(43)38-32)29-8-4-2-3-5-9-29/h6-7,10-16,21,23,29,32H,2-5,8-9,17-20,22,24-25H2,1H3,(H,38,43). The Morgan fingerprint density at radius 3 is 2.39 bits per heavy atom. The number of rotatable bonds is 6. The van der Waals surface area contributed by atoms with Crippen LogP contribution in [0.3, 0.4) is 0 Å². The van der Waals surface area contributed by atoms with E-state index in [1.807, 2.05) is 30.3 Å². The lowest BCUT2D eigenvalue weighted by atomic mass is 10.0. The molecule has 1 saturated heterocycles. The summed E-state index contributed by atoms with van der Waals surface area (Å²) in [4.78, 5) is 59.1. The Balaban J connectivity index is 1.25. The highest BCUT2D eigenvalue weighted by atomic mass is 16.6. The van der Waals surface area contributed by atoms with E-state index in [0.29, 0.717) is 31.9 Å². The van der Waals surface area contributed by atoms with E-state index in [9.17, 15) is 24.5 Å². The van der Waals surface area contributed by atoms with Crippen molar-refractivity contribution in [2.75, 3.05) is 39.8 Å². The number of piperazine rings is 1. The van der Waals surface area contributed by atoms with Gasteiger partial charge in [0.1, 0.15) is 24.1 Å². The first-order valence-corrected chi connectivity index (χ1v) is 17.1. The van der Waals surface area contributed by atoms with Gasteiger partial charge in [0.2, 0.25) is 17.6 Å².